The summed E-state index contributed by atoms with van der Waals surface area (Å²) in [6, 6.07) is 6.77. The van der Waals surface area contributed by atoms with Gasteiger partial charge >= 0.3 is 0 Å². The smallest absolute Gasteiger partial charge is 0.192 e. The molecule has 2 aromatic heterocycles. The molecule has 6 heteroatoms. The Morgan fingerprint density at radius 3 is 2.59 bits per heavy atom. The maximum Gasteiger partial charge on any atom is 0.192 e. The number of hydrogen-bond acceptors (Lipinski definition) is 5. The van der Waals surface area contributed by atoms with Crippen LogP contribution < -0.4 is 4.74 Å². The van der Waals surface area contributed by atoms with Gasteiger partial charge in [-0.1, -0.05) is 5.57 Å². The minimum Gasteiger partial charge on any atom is -0.487 e. The first-order chi connectivity index (χ1) is 10.4. The fourth-order valence-corrected chi connectivity index (χ4v) is 2.32. The quantitative estimate of drug-likeness (QED) is 0.793. The summed E-state index contributed by atoms with van der Waals surface area (Å²) in [5, 5.41) is 0.0409. The van der Waals surface area contributed by atoms with E-state index in [-0.39, 0.29) is 5.03 Å². The highest BCUT2D eigenvalue weighted by Crippen LogP contribution is 2.27. The number of sulfone groups is 1. The molecule has 0 aromatic carbocycles. The molecule has 0 amide bonds. The maximum absolute atomic E-state index is 11.4. The molecule has 0 radical (unpaired) electrons. The van der Waals surface area contributed by atoms with Crippen LogP contribution in [-0.2, 0) is 9.84 Å². The molecule has 0 N–H and O–H groups in total. The predicted octanol–water partition coefficient (Wildman–Crippen LogP) is 2.89. The van der Waals surface area contributed by atoms with Crippen LogP contribution in [-0.4, -0.2) is 31.2 Å². The topological polar surface area (TPSA) is 69.2 Å². The van der Waals surface area contributed by atoms with Crippen LogP contribution in [0.4, 0.5) is 0 Å². The molecule has 0 atom stereocenters. The van der Waals surface area contributed by atoms with Gasteiger partial charge in [-0.25, -0.2) is 13.4 Å². The summed E-state index contributed by atoms with van der Waals surface area (Å²) in [6.45, 7) is 4.46. The summed E-state index contributed by atoms with van der Waals surface area (Å²) >= 11 is 0. The van der Waals surface area contributed by atoms with Crippen molar-refractivity contribution in [3.05, 3.63) is 48.3 Å². The van der Waals surface area contributed by atoms with E-state index < -0.39 is 9.84 Å². The summed E-state index contributed by atoms with van der Waals surface area (Å²) < 4.78 is 28.6. The third-order valence-electron chi connectivity index (χ3n) is 2.89. The van der Waals surface area contributed by atoms with E-state index in [1.807, 2.05) is 26.0 Å². The second-order valence-electron chi connectivity index (χ2n) is 5.10. The number of nitrogens with zero attached hydrogens (tertiary/aromatic N) is 2. The van der Waals surface area contributed by atoms with Crippen molar-refractivity contribution in [2.75, 3.05) is 12.9 Å². The summed E-state index contributed by atoms with van der Waals surface area (Å²) in [4.78, 5) is 8.28. The van der Waals surface area contributed by atoms with Crippen LogP contribution in [0.25, 0.3) is 11.3 Å². The van der Waals surface area contributed by atoms with Crippen molar-refractivity contribution >= 4 is 9.84 Å². The van der Waals surface area contributed by atoms with Crippen LogP contribution in [0.2, 0.25) is 0 Å². The first-order valence-electron chi connectivity index (χ1n) is 6.75. The fourth-order valence-electron chi connectivity index (χ4n) is 1.76. The molecule has 0 saturated heterocycles. The SMILES string of the molecule is CC(C)=CCOc1cccnc1-c1ccc(S(C)(=O)=O)nc1. The molecule has 0 aliphatic heterocycles. The van der Waals surface area contributed by atoms with Crippen molar-refractivity contribution in [2.45, 2.75) is 18.9 Å². The first-order valence-corrected chi connectivity index (χ1v) is 8.65. The van der Waals surface area contributed by atoms with Gasteiger partial charge in [0.1, 0.15) is 18.1 Å². The monoisotopic (exact) mass is 318 g/mol. The molecule has 0 aliphatic rings. The molecule has 2 aromatic rings. The standard InChI is InChI=1S/C16H18N2O3S/c1-12(2)8-10-21-14-5-4-9-17-16(14)13-6-7-15(18-11-13)22(3,19)20/h4-9,11H,10H2,1-3H3. The highest BCUT2D eigenvalue weighted by atomic mass is 32.2. The van der Waals surface area contributed by atoms with E-state index in [1.165, 1.54) is 17.8 Å². The zero-order valence-electron chi connectivity index (χ0n) is 12.8. The van der Waals surface area contributed by atoms with Crippen LogP contribution in [0.1, 0.15) is 13.8 Å². The summed E-state index contributed by atoms with van der Waals surface area (Å²) in [5.74, 6) is 0.633. The van der Waals surface area contributed by atoms with Gasteiger partial charge in [0.15, 0.2) is 14.9 Å². The Labute approximate surface area is 130 Å². The van der Waals surface area contributed by atoms with Gasteiger partial charge in [0.05, 0.1) is 0 Å². The lowest BCUT2D eigenvalue weighted by Gasteiger charge is -2.09. The fraction of sp³-hybridized carbons (Fsp3) is 0.250. The lowest BCUT2D eigenvalue weighted by molar-refractivity contribution is 0.362. The molecule has 0 unspecified atom stereocenters. The average Bonchev–Trinajstić information content (AvgIpc) is 2.47. The summed E-state index contributed by atoms with van der Waals surface area (Å²) in [5.41, 5.74) is 2.52. The average molecular weight is 318 g/mol. The zero-order chi connectivity index (χ0) is 16.2. The van der Waals surface area contributed by atoms with Crippen molar-refractivity contribution in [3.8, 4) is 17.0 Å². The van der Waals surface area contributed by atoms with Crippen molar-refractivity contribution in [2.24, 2.45) is 0 Å². The van der Waals surface area contributed by atoms with Gasteiger partial charge in [0.25, 0.3) is 0 Å². The van der Waals surface area contributed by atoms with Gasteiger partial charge in [-0.15, -0.1) is 0 Å². The van der Waals surface area contributed by atoms with Crippen molar-refractivity contribution in [1.82, 2.24) is 9.97 Å². The molecular weight excluding hydrogens is 300 g/mol. The third-order valence-corrected chi connectivity index (χ3v) is 3.89. The minimum absolute atomic E-state index is 0.0409. The molecule has 0 spiro atoms. The van der Waals surface area contributed by atoms with Gasteiger partial charge < -0.3 is 4.74 Å². The number of aromatic nitrogens is 2. The Kier molecular flexibility index (Phi) is 4.92. The molecule has 5 nitrogen and oxygen atoms in total. The molecule has 0 bridgehead atoms. The van der Waals surface area contributed by atoms with Crippen molar-refractivity contribution in [1.29, 1.82) is 0 Å². The van der Waals surface area contributed by atoms with Gasteiger partial charge in [-0.3, -0.25) is 4.98 Å². The Morgan fingerprint density at radius 2 is 2.00 bits per heavy atom. The van der Waals surface area contributed by atoms with Gasteiger partial charge in [0, 0.05) is 24.2 Å². The third kappa shape index (κ3) is 4.14. The highest BCUT2D eigenvalue weighted by Gasteiger charge is 2.11. The van der Waals surface area contributed by atoms with E-state index in [4.69, 9.17) is 4.74 Å². The Bertz CT molecular complexity index is 777. The molecule has 2 heterocycles. The Morgan fingerprint density at radius 1 is 1.23 bits per heavy atom. The number of rotatable bonds is 5. The molecule has 22 heavy (non-hydrogen) atoms. The first kappa shape index (κ1) is 16.2. The second kappa shape index (κ2) is 6.70. The lowest BCUT2D eigenvalue weighted by atomic mass is 10.2. The van der Waals surface area contributed by atoms with Crippen LogP contribution in [0.5, 0.6) is 5.75 Å². The summed E-state index contributed by atoms with van der Waals surface area (Å²) in [7, 11) is -3.31. The normalized spacial score (nSPS) is 11.0. The maximum atomic E-state index is 11.4. The van der Waals surface area contributed by atoms with Gasteiger partial charge in [-0.05, 0) is 44.2 Å². The summed E-state index contributed by atoms with van der Waals surface area (Å²) in [6.07, 6.45) is 6.26. The predicted molar refractivity (Wildman–Crippen MR) is 85.5 cm³/mol. The van der Waals surface area contributed by atoms with Crippen molar-refractivity contribution in [3.63, 3.8) is 0 Å². The molecule has 116 valence electrons. The molecule has 0 saturated carbocycles. The van der Waals surface area contributed by atoms with Crippen LogP contribution in [0.15, 0.2) is 53.3 Å². The molecule has 0 fully saturated rings. The van der Waals surface area contributed by atoms with E-state index in [0.29, 0.717) is 23.6 Å². The highest BCUT2D eigenvalue weighted by molar-refractivity contribution is 7.90. The van der Waals surface area contributed by atoms with E-state index in [2.05, 4.69) is 9.97 Å². The Balaban J connectivity index is 2.31. The van der Waals surface area contributed by atoms with Crippen LogP contribution >= 0.6 is 0 Å². The number of allylic oxidation sites excluding steroid dienone is 1. The molecular formula is C16H18N2O3S. The number of hydrogen-bond donors (Lipinski definition) is 0. The minimum atomic E-state index is -3.31. The van der Waals surface area contributed by atoms with E-state index in [1.54, 1.807) is 18.3 Å². The Hall–Kier alpha value is -2.21. The largest absolute Gasteiger partial charge is 0.487 e. The van der Waals surface area contributed by atoms with E-state index in [9.17, 15) is 8.42 Å². The van der Waals surface area contributed by atoms with E-state index in [0.717, 1.165) is 6.26 Å². The van der Waals surface area contributed by atoms with Crippen molar-refractivity contribution < 1.29 is 13.2 Å². The number of ether oxygens (including phenoxy) is 1. The number of pyridine rings is 2. The van der Waals surface area contributed by atoms with Gasteiger partial charge in [-0.2, -0.15) is 0 Å². The van der Waals surface area contributed by atoms with Gasteiger partial charge in [0.2, 0.25) is 0 Å². The lowest BCUT2D eigenvalue weighted by Crippen LogP contribution is -2.01. The van der Waals surface area contributed by atoms with Crippen LogP contribution in [0, 0.1) is 0 Å². The molecule has 0 aliphatic carbocycles. The zero-order valence-corrected chi connectivity index (χ0v) is 13.6. The molecule has 2 rings (SSSR count). The second-order valence-corrected chi connectivity index (χ2v) is 7.06. The van der Waals surface area contributed by atoms with Crippen LogP contribution in [0.3, 0.4) is 0 Å². The van der Waals surface area contributed by atoms with E-state index >= 15 is 0 Å².